The van der Waals surface area contributed by atoms with Gasteiger partial charge in [0.1, 0.15) is 0 Å². The number of carboxylic acids is 1. The first-order valence-corrected chi connectivity index (χ1v) is 4.19. The van der Waals surface area contributed by atoms with E-state index in [1.165, 1.54) is 19.3 Å². The first kappa shape index (κ1) is 20.2. The van der Waals surface area contributed by atoms with Gasteiger partial charge in [-0.3, -0.25) is 6.54 Å². The summed E-state index contributed by atoms with van der Waals surface area (Å²) in [5, 5.41) is 7.12. The van der Waals surface area contributed by atoms with E-state index in [-0.39, 0.29) is 16.8 Å². The molecule has 95 valence electrons. The van der Waals surface area contributed by atoms with Crippen molar-refractivity contribution >= 4 is 5.97 Å². The van der Waals surface area contributed by atoms with Gasteiger partial charge in [0, 0.05) is 16.8 Å². The van der Waals surface area contributed by atoms with Crippen molar-refractivity contribution in [3.8, 4) is 0 Å². The van der Waals surface area contributed by atoms with E-state index in [1.807, 2.05) is 0 Å². The predicted octanol–water partition coefficient (Wildman–Crippen LogP) is 2.32. The topological polar surface area (TPSA) is 63.3 Å². The zero-order valence-corrected chi connectivity index (χ0v) is 9.35. The molecule has 0 aliphatic carbocycles. The van der Waals surface area contributed by atoms with Gasteiger partial charge in [-0.25, -0.2) is 4.79 Å². The van der Waals surface area contributed by atoms with Crippen molar-refractivity contribution in [2.24, 2.45) is 5.73 Å². The number of unbranched alkanes of at least 4 members (excludes halogenated alkanes) is 3. The van der Waals surface area contributed by atoms with Gasteiger partial charge in [0.2, 0.25) is 0 Å². The summed E-state index contributed by atoms with van der Waals surface area (Å²) in [6.45, 7) is 3.92. The third-order valence-electron chi connectivity index (χ3n) is 1.22. The van der Waals surface area contributed by atoms with Crippen LogP contribution in [0.25, 0.3) is 0 Å². The molecule has 0 fully saturated rings. The predicted molar refractivity (Wildman–Crippen MR) is 46.3 cm³/mol. The monoisotopic (exact) mass is 273 g/mol. The van der Waals surface area contributed by atoms with Gasteiger partial charge >= 0.3 is 12.1 Å². The van der Waals surface area contributed by atoms with Crippen molar-refractivity contribution in [2.75, 3.05) is 0 Å². The van der Waals surface area contributed by atoms with E-state index in [2.05, 4.69) is 6.92 Å². The summed E-state index contributed by atoms with van der Waals surface area (Å²) in [5.41, 5.74) is 5.14. The second-order valence-electron chi connectivity index (χ2n) is 2.53. The maximum absolute atomic E-state index is 10.6. The molecule has 0 aliphatic heterocycles. The fourth-order valence-electron chi connectivity index (χ4n) is 0.512. The molecular formula is C8H15CoF3NO2-. The number of aliphatic carboxylic acids is 1. The van der Waals surface area contributed by atoms with Gasteiger partial charge in [-0.1, -0.05) is 26.2 Å². The van der Waals surface area contributed by atoms with Crippen LogP contribution in [0.1, 0.15) is 32.6 Å². The summed E-state index contributed by atoms with van der Waals surface area (Å²) in [7, 11) is 0. The first-order valence-electron chi connectivity index (χ1n) is 4.19. The average Bonchev–Trinajstić information content (AvgIpc) is 2.05. The molecule has 0 amide bonds. The number of halogens is 3. The molecule has 15 heavy (non-hydrogen) atoms. The SMILES string of the molecule is CCCCC[CH-]N.O=C(O)C(F)(F)F.[Co]. The standard InChI is InChI=1S/C6H14N.C2HF3O2.Co/c1-2-3-4-5-6-7;3-2(4,5)1(6)7;/h6H,2-5,7H2,1H3;(H,6,7);/q-1;;. The molecule has 1 radical (unpaired) electrons. The summed E-state index contributed by atoms with van der Waals surface area (Å²) >= 11 is 0. The second kappa shape index (κ2) is 11.8. The maximum atomic E-state index is 10.6. The van der Waals surface area contributed by atoms with Crippen molar-refractivity contribution in [1.82, 2.24) is 0 Å². The van der Waals surface area contributed by atoms with E-state index in [4.69, 9.17) is 15.6 Å². The third-order valence-corrected chi connectivity index (χ3v) is 1.22. The molecule has 3 N–H and O–H groups in total. The number of hydrogen-bond acceptors (Lipinski definition) is 2. The van der Waals surface area contributed by atoms with Gasteiger partial charge in [-0.2, -0.15) is 19.6 Å². The normalized spacial score (nSPS) is 9.67. The van der Waals surface area contributed by atoms with Crippen LogP contribution in [-0.4, -0.2) is 17.3 Å². The summed E-state index contributed by atoms with van der Waals surface area (Å²) < 4.78 is 31.7. The molecule has 0 atom stereocenters. The number of nitrogens with two attached hydrogens (primary N) is 1. The maximum Gasteiger partial charge on any atom is 0.490 e. The van der Waals surface area contributed by atoms with Gasteiger partial charge < -0.3 is 10.8 Å². The number of rotatable bonds is 4. The molecule has 7 heteroatoms. The molecular weight excluding hydrogens is 258 g/mol. The molecule has 0 aliphatic rings. The van der Waals surface area contributed by atoms with E-state index in [0.29, 0.717) is 0 Å². The van der Waals surface area contributed by atoms with Crippen LogP contribution in [-0.2, 0) is 21.6 Å². The summed E-state index contributed by atoms with van der Waals surface area (Å²) in [6, 6.07) is 0. The smallest absolute Gasteiger partial charge is 0.483 e. The van der Waals surface area contributed by atoms with Crippen LogP contribution in [0.5, 0.6) is 0 Å². The molecule has 0 rings (SSSR count). The molecule has 0 heterocycles. The Labute approximate surface area is 97.4 Å². The Hall–Kier alpha value is -0.274. The molecule has 0 aromatic rings. The van der Waals surface area contributed by atoms with E-state index in [9.17, 15) is 13.2 Å². The fraction of sp³-hybridized carbons (Fsp3) is 0.750. The van der Waals surface area contributed by atoms with Gasteiger partial charge in [-0.05, 0) is 0 Å². The van der Waals surface area contributed by atoms with Crippen molar-refractivity contribution in [3.05, 3.63) is 6.54 Å². The molecule has 0 saturated carbocycles. The number of carboxylic acid groups (broad SMARTS) is 1. The Morgan fingerprint density at radius 1 is 1.40 bits per heavy atom. The zero-order chi connectivity index (χ0) is 11.6. The minimum absolute atomic E-state index is 0. The largest absolute Gasteiger partial charge is 0.490 e. The quantitative estimate of drug-likeness (QED) is 0.610. The van der Waals surface area contributed by atoms with Crippen LogP contribution in [0.15, 0.2) is 0 Å². The van der Waals surface area contributed by atoms with E-state index >= 15 is 0 Å². The van der Waals surface area contributed by atoms with Gasteiger partial charge in [-0.15, -0.1) is 0 Å². The molecule has 0 spiro atoms. The molecule has 0 saturated heterocycles. The third kappa shape index (κ3) is 20.0. The summed E-state index contributed by atoms with van der Waals surface area (Å²) in [4.78, 5) is 8.90. The van der Waals surface area contributed by atoms with E-state index in [0.717, 1.165) is 6.42 Å². The Morgan fingerprint density at radius 2 is 1.80 bits per heavy atom. The Kier molecular flexibility index (Phi) is 15.9. The number of alkyl halides is 3. The number of carbonyl (C=O) groups is 1. The van der Waals surface area contributed by atoms with Gasteiger partial charge in [0.15, 0.2) is 0 Å². The van der Waals surface area contributed by atoms with Crippen molar-refractivity contribution < 1.29 is 39.9 Å². The molecule has 0 aromatic carbocycles. The second-order valence-corrected chi connectivity index (χ2v) is 2.53. The minimum atomic E-state index is -5.08. The zero-order valence-electron chi connectivity index (χ0n) is 8.31. The van der Waals surface area contributed by atoms with Crippen LogP contribution < -0.4 is 5.73 Å². The number of hydrogen-bond donors (Lipinski definition) is 2. The van der Waals surface area contributed by atoms with E-state index in [1.54, 1.807) is 6.54 Å². The summed E-state index contributed by atoms with van der Waals surface area (Å²) in [5.74, 6) is -2.76. The van der Waals surface area contributed by atoms with Crippen LogP contribution in [0.4, 0.5) is 13.2 Å². The molecule has 0 unspecified atom stereocenters. The summed E-state index contributed by atoms with van der Waals surface area (Å²) in [6.07, 6.45) is -0.150. The van der Waals surface area contributed by atoms with Crippen molar-refractivity contribution in [3.63, 3.8) is 0 Å². The Balaban J connectivity index is -0.000000180. The minimum Gasteiger partial charge on any atom is -0.483 e. The average molecular weight is 273 g/mol. The van der Waals surface area contributed by atoms with Crippen LogP contribution in [0.2, 0.25) is 0 Å². The van der Waals surface area contributed by atoms with Gasteiger partial charge in [0.05, 0.1) is 0 Å². The molecule has 3 nitrogen and oxygen atoms in total. The first-order chi connectivity index (χ1) is 6.36. The fourth-order valence-corrected chi connectivity index (χ4v) is 0.512. The molecule has 0 aromatic heterocycles. The van der Waals surface area contributed by atoms with Crippen molar-refractivity contribution in [1.29, 1.82) is 0 Å². The van der Waals surface area contributed by atoms with Crippen LogP contribution >= 0.6 is 0 Å². The van der Waals surface area contributed by atoms with E-state index < -0.39 is 12.1 Å². The Bertz CT molecular complexity index is 149. The van der Waals surface area contributed by atoms with Gasteiger partial charge in [0.25, 0.3) is 0 Å². The molecule has 0 bridgehead atoms. The Morgan fingerprint density at radius 3 is 2.00 bits per heavy atom. The van der Waals surface area contributed by atoms with Crippen molar-refractivity contribution in [2.45, 2.75) is 38.8 Å². The van der Waals surface area contributed by atoms with Crippen LogP contribution in [0.3, 0.4) is 0 Å². The van der Waals surface area contributed by atoms with Crippen LogP contribution in [0, 0.1) is 6.54 Å².